The van der Waals surface area contributed by atoms with E-state index in [0.717, 1.165) is 16.9 Å². The third-order valence-corrected chi connectivity index (χ3v) is 5.76. The molecule has 0 fully saturated rings. The molecule has 0 aliphatic heterocycles. The summed E-state index contributed by atoms with van der Waals surface area (Å²) in [7, 11) is -3.59. The summed E-state index contributed by atoms with van der Waals surface area (Å²) in [5.74, 6) is -0.538. The quantitative estimate of drug-likeness (QED) is 0.882. The fourth-order valence-electron chi connectivity index (χ4n) is 1.50. The summed E-state index contributed by atoms with van der Waals surface area (Å²) in [5, 5.41) is 1.66. The second-order valence-corrected chi connectivity index (χ2v) is 7.36. The Balaban J connectivity index is 2.10. The van der Waals surface area contributed by atoms with E-state index in [1.165, 1.54) is 24.3 Å². The van der Waals surface area contributed by atoms with E-state index in [-0.39, 0.29) is 15.8 Å². The van der Waals surface area contributed by atoms with Crippen molar-refractivity contribution in [2.45, 2.75) is 17.3 Å². The zero-order chi connectivity index (χ0) is 14.8. The molecule has 0 saturated heterocycles. The van der Waals surface area contributed by atoms with Gasteiger partial charge in [-0.2, -0.15) is 0 Å². The SMILES string of the molecule is NCc1csc(S(=O)(=O)NCc2ccc(F)c(Cl)c2)c1. The summed E-state index contributed by atoms with van der Waals surface area (Å²) >= 11 is 6.74. The maximum Gasteiger partial charge on any atom is 0.250 e. The third-order valence-electron chi connectivity index (χ3n) is 2.58. The van der Waals surface area contributed by atoms with Crippen LogP contribution in [0, 0.1) is 5.82 Å². The second kappa shape index (κ2) is 6.19. The van der Waals surface area contributed by atoms with Gasteiger partial charge in [0.05, 0.1) is 5.02 Å². The lowest BCUT2D eigenvalue weighted by Gasteiger charge is -2.05. The number of rotatable bonds is 5. The minimum atomic E-state index is -3.59. The van der Waals surface area contributed by atoms with E-state index in [0.29, 0.717) is 12.1 Å². The minimum absolute atomic E-state index is 0.0387. The van der Waals surface area contributed by atoms with Gasteiger partial charge in [-0.25, -0.2) is 17.5 Å². The van der Waals surface area contributed by atoms with Crippen LogP contribution in [0.15, 0.2) is 33.9 Å². The minimum Gasteiger partial charge on any atom is -0.326 e. The Labute approximate surface area is 125 Å². The van der Waals surface area contributed by atoms with Crippen LogP contribution in [0.5, 0.6) is 0 Å². The van der Waals surface area contributed by atoms with E-state index in [9.17, 15) is 12.8 Å². The Morgan fingerprint density at radius 3 is 2.65 bits per heavy atom. The first-order valence-electron chi connectivity index (χ1n) is 5.63. The third kappa shape index (κ3) is 3.56. The lowest BCUT2D eigenvalue weighted by atomic mass is 10.2. The van der Waals surface area contributed by atoms with Crippen molar-refractivity contribution in [1.82, 2.24) is 4.72 Å². The van der Waals surface area contributed by atoms with Gasteiger partial charge < -0.3 is 5.73 Å². The van der Waals surface area contributed by atoms with Gasteiger partial charge in [-0.3, -0.25) is 0 Å². The van der Waals surface area contributed by atoms with Crippen LogP contribution < -0.4 is 10.5 Å². The summed E-state index contributed by atoms with van der Waals surface area (Å²) in [4.78, 5) is 0. The largest absolute Gasteiger partial charge is 0.326 e. The number of halogens is 2. The van der Waals surface area contributed by atoms with Crippen molar-refractivity contribution in [2.24, 2.45) is 5.73 Å². The van der Waals surface area contributed by atoms with Crippen LogP contribution in [-0.4, -0.2) is 8.42 Å². The highest BCUT2D eigenvalue weighted by Crippen LogP contribution is 2.21. The molecule has 0 aliphatic carbocycles. The number of hydrogen-bond acceptors (Lipinski definition) is 4. The van der Waals surface area contributed by atoms with Gasteiger partial charge in [-0.05, 0) is 34.7 Å². The van der Waals surface area contributed by atoms with Crippen LogP contribution in [0.3, 0.4) is 0 Å². The van der Waals surface area contributed by atoms with Crippen LogP contribution >= 0.6 is 22.9 Å². The predicted molar refractivity (Wildman–Crippen MR) is 77.6 cm³/mol. The molecule has 2 aromatic rings. The van der Waals surface area contributed by atoms with Crippen LogP contribution in [0.2, 0.25) is 5.02 Å². The molecule has 0 spiro atoms. The smallest absolute Gasteiger partial charge is 0.250 e. The van der Waals surface area contributed by atoms with Crippen molar-refractivity contribution in [3.63, 3.8) is 0 Å². The van der Waals surface area contributed by atoms with E-state index in [1.54, 1.807) is 5.38 Å². The molecule has 1 heterocycles. The second-order valence-electron chi connectivity index (χ2n) is 4.05. The molecule has 1 aromatic heterocycles. The number of nitrogens with two attached hydrogens (primary N) is 1. The Morgan fingerprint density at radius 2 is 2.05 bits per heavy atom. The predicted octanol–water partition coefficient (Wildman–Crippen LogP) is 2.48. The Kier molecular flexibility index (Phi) is 4.77. The zero-order valence-electron chi connectivity index (χ0n) is 10.3. The molecule has 0 radical (unpaired) electrons. The average Bonchev–Trinajstić information content (AvgIpc) is 2.90. The molecule has 0 unspecified atom stereocenters. The van der Waals surface area contributed by atoms with Gasteiger partial charge in [0.15, 0.2) is 0 Å². The number of thiophene rings is 1. The molecule has 4 nitrogen and oxygen atoms in total. The van der Waals surface area contributed by atoms with Crippen molar-refractivity contribution in [3.8, 4) is 0 Å². The number of benzene rings is 1. The van der Waals surface area contributed by atoms with Crippen LogP contribution in [0.1, 0.15) is 11.1 Å². The van der Waals surface area contributed by atoms with Gasteiger partial charge in [0.1, 0.15) is 10.0 Å². The number of sulfonamides is 1. The number of hydrogen-bond donors (Lipinski definition) is 2. The van der Waals surface area contributed by atoms with E-state index in [4.69, 9.17) is 17.3 Å². The molecular formula is C12H12ClFN2O2S2. The standard InChI is InChI=1S/C12H12ClFN2O2S2/c13-10-3-8(1-2-11(10)14)6-16-20(17,18)12-4-9(5-15)7-19-12/h1-4,7,16H,5-6,15H2. The van der Waals surface area contributed by atoms with Crippen molar-refractivity contribution in [2.75, 3.05) is 0 Å². The first kappa shape index (κ1) is 15.4. The molecule has 0 aliphatic rings. The molecule has 0 bridgehead atoms. The summed E-state index contributed by atoms with van der Waals surface area (Å²) in [5.41, 5.74) is 6.79. The topological polar surface area (TPSA) is 72.2 Å². The fraction of sp³-hybridized carbons (Fsp3) is 0.167. The van der Waals surface area contributed by atoms with Gasteiger partial charge in [-0.15, -0.1) is 11.3 Å². The summed E-state index contributed by atoms with van der Waals surface area (Å²) in [6, 6.07) is 5.59. The molecule has 8 heteroatoms. The van der Waals surface area contributed by atoms with Gasteiger partial charge in [0, 0.05) is 13.1 Å². The lowest BCUT2D eigenvalue weighted by molar-refractivity contribution is 0.583. The maximum atomic E-state index is 13.0. The van der Waals surface area contributed by atoms with E-state index in [2.05, 4.69) is 4.72 Å². The van der Waals surface area contributed by atoms with Crippen molar-refractivity contribution >= 4 is 33.0 Å². The van der Waals surface area contributed by atoms with E-state index in [1.807, 2.05) is 0 Å². The summed E-state index contributed by atoms with van der Waals surface area (Å²) < 4.78 is 39.7. The normalized spacial score (nSPS) is 11.8. The van der Waals surface area contributed by atoms with Crippen LogP contribution in [0.4, 0.5) is 4.39 Å². The van der Waals surface area contributed by atoms with Crippen LogP contribution in [0.25, 0.3) is 0 Å². The van der Waals surface area contributed by atoms with Crippen molar-refractivity contribution < 1.29 is 12.8 Å². The lowest BCUT2D eigenvalue weighted by Crippen LogP contribution is -2.22. The molecular weight excluding hydrogens is 323 g/mol. The fourth-order valence-corrected chi connectivity index (χ4v) is 3.99. The molecule has 1 aromatic carbocycles. The molecule has 0 saturated carbocycles. The Hall–Kier alpha value is -0.990. The van der Waals surface area contributed by atoms with E-state index >= 15 is 0 Å². The van der Waals surface area contributed by atoms with E-state index < -0.39 is 15.8 Å². The van der Waals surface area contributed by atoms with Crippen LogP contribution in [-0.2, 0) is 23.1 Å². The van der Waals surface area contributed by atoms with Gasteiger partial charge >= 0.3 is 0 Å². The Morgan fingerprint density at radius 1 is 1.30 bits per heavy atom. The van der Waals surface area contributed by atoms with Gasteiger partial charge in [0.25, 0.3) is 0 Å². The highest BCUT2D eigenvalue weighted by molar-refractivity contribution is 7.91. The molecule has 0 atom stereocenters. The molecule has 20 heavy (non-hydrogen) atoms. The van der Waals surface area contributed by atoms with Gasteiger partial charge in [-0.1, -0.05) is 17.7 Å². The summed E-state index contributed by atoms with van der Waals surface area (Å²) in [6.07, 6.45) is 0. The maximum absolute atomic E-state index is 13.0. The van der Waals surface area contributed by atoms with Crippen molar-refractivity contribution in [3.05, 3.63) is 51.6 Å². The number of nitrogens with one attached hydrogen (secondary N) is 1. The molecule has 0 amide bonds. The average molecular weight is 335 g/mol. The monoisotopic (exact) mass is 334 g/mol. The molecule has 108 valence electrons. The first-order valence-corrected chi connectivity index (χ1v) is 8.37. The molecule has 3 N–H and O–H groups in total. The summed E-state index contributed by atoms with van der Waals surface area (Å²) in [6.45, 7) is 0.331. The zero-order valence-corrected chi connectivity index (χ0v) is 12.7. The Bertz CT molecular complexity index is 716. The van der Waals surface area contributed by atoms with Gasteiger partial charge in [0.2, 0.25) is 10.0 Å². The first-order chi connectivity index (χ1) is 9.42. The van der Waals surface area contributed by atoms with Crippen molar-refractivity contribution in [1.29, 1.82) is 0 Å². The highest BCUT2D eigenvalue weighted by Gasteiger charge is 2.16. The highest BCUT2D eigenvalue weighted by atomic mass is 35.5. The molecule has 2 rings (SSSR count).